The van der Waals surface area contributed by atoms with Crippen LogP contribution in [0.3, 0.4) is 0 Å². The van der Waals surface area contributed by atoms with E-state index in [9.17, 15) is 5.26 Å². The van der Waals surface area contributed by atoms with Gasteiger partial charge < -0.3 is 0 Å². The number of hydrogen-bond acceptors (Lipinski definition) is 3. The molecule has 0 saturated heterocycles. The zero-order valence-electron chi connectivity index (χ0n) is 11.8. The van der Waals surface area contributed by atoms with Crippen LogP contribution in [0.25, 0.3) is 0 Å². The monoisotopic (exact) mass is 237 g/mol. The van der Waals surface area contributed by atoms with E-state index in [1.807, 2.05) is 6.92 Å². The van der Waals surface area contributed by atoms with Gasteiger partial charge in [0.2, 0.25) is 0 Å². The van der Waals surface area contributed by atoms with Crippen LogP contribution in [0.5, 0.6) is 0 Å². The average Bonchev–Trinajstić information content (AvgIpc) is 2.78. The first kappa shape index (κ1) is 14.5. The highest BCUT2D eigenvalue weighted by atomic mass is 15.2. The third kappa shape index (κ3) is 4.29. The van der Waals surface area contributed by atoms with E-state index in [4.69, 9.17) is 0 Å². The van der Waals surface area contributed by atoms with Crippen LogP contribution < -0.4 is 5.32 Å². The van der Waals surface area contributed by atoms with E-state index in [0.29, 0.717) is 12.1 Å². The van der Waals surface area contributed by atoms with Gasteiger partial charge in [-0.3, -0.25) is 10.2 Å². The maximum absolute atomic E-state index is 9.38. The number of hydrogen-bond donors (Lipinski definition) is 1. The van der Waals surface area contributed by atoms with Crippen molar-refractivity contribution in [3.8, 4) is 6.07 Å². The molecule has 1 unspecified atom stereocenters. The zero-order chi connectivity index (χ0) is 12.9. The molecular formula is C14H27N3. The van der Waals surface area contributed by atoms with Crippen LogP contribution in [-0.4, -0.2) is 35.6 Å². The Hall–Kier alpha value is -0.590. The SMILES string of the molecule is CCN(CC(C)(C#N)NC(C)C)C1CCCC1. The Morgan fingerprint density at radius 1 is 1.41 bits per heavy atom. The van der Waals surface area contributed by atoms with Crippen molar-refractivity contribution in [2.24, 2.45) is 0 Å². The van der Waals surface area contributed by atoms with E-state index in [2.05, 4.69) is 37.1 Å². The highest BCUT2D eigenvalue weighted by Gasteiger charge is 2.31. The van der Waals surface area contributed by atoms with Crippen molar-refractivity contribution in [3.05, 3.63) is 0 Å². The minimum absolute atomic E-state index is 0.349. The summed E-state index contributed by atoms with van der Waals surface area (Å²) in [6, 6.07) is 3.49. The van der Waals surface area contributed by atoms with Crippen molar-refractivity contribution >= 4 is 0 Å². The smallest absolute Gasteiger partial charge is 0.116 e. The molecule has 98 valence electrons. The van der Waals surface area contributed by atoms with E-state index >= 15 is 0 Å². The van der Waals surface area contributed by atoms with Gasteiger partial charge in [0.1, 0.15) is 5.54 Å². The number of likely N-dealkylation sites (N-methyl/N-ethyl adjacent to an activating group) is 1. The second kappa shape index (κ2) is 6.37. The van der Waals surface area contributed by atoms with Crippen molar-refractivity contribution in [1.29, 1.82) is 5.26 Å². The highest BCUT2D eigenvalue weighted by Crippen LogP contribution is 2.24. The Labute approximate surface area is 106 Å². The Kier molecular flexibility index (Phi) is 5.42. The normalized spacial score (nSPS) is 20.8. The van der Waals surface area contributed by atoms with E-state index in [0.717, 1.165) is 13.1 Å². The molecule has 3 heteroatoms. The van der Waals surface area contributed by atoms with E-state index < -0.39 is 5.54 Å². The molecule has 0 spiro atoms. The molecule has 1 atom stereocenters. The van der Waals surface area contributed by atoms with E-state index in [1.165, 1.54) is 25.7 Å². The van der Waals surface area contributed by atoms with Gasteiger partial charge in [0.25, 0.3) is 0 Å². The van der Waals surface area contributed by atoms with Gasteiger partial charge in [-0.1, -0.05) is 19.8 Å². The van der Waals surface area contributed by atoms with Gasteiger partial charge in [0.15, 0.2) is 0 Å². The minimum atomic E-state index is -0.424. The van der Waals surface area contributed by atoms with Crippen LogP contribution in [0.15, 0.2) is 0 Å². The second-order valence-corrected chi connectivity index (χ2v) is 5.74. The van der Waals surface area contributed by atoms with Crippen LogP contribution in [0.1, 0.15) is 53.4 Å². The van der Waals surface area contributed by atoms with Crippen molar-refractivity contribution < 1.29 is 0 Å². The molecule has 1 saturated carbocycles. The molecule has 0 heterocycles. The largest absolute Gasteiger partial charge is 0.298 e. The summed E-state index contributed by atoms with van der Waals surface area (Å²) in [7, 11) is 0. The lowest BCUT2D eigenvalue weighted by molar-refractivity contribution is 0.166. The van der Waals surface area contributed by atoms with E-state index in [-0.39, 0.29) is 0 Å². The summed E-state index contributed by atoms with van der Waals surface area (Å²) in [4.78, 5) is 2.48. The van der Waals surface area contributed by atoms with E-state index in [1.54, 1.807) is 0 Å². The minimum Gasteiger partial charge on any atom is -0.298 e. The highest BCUT2D eigenvalue weighted by molar-refractivity contribution is 5.07. The summed E-state index contributed by atoms with van der Waals surface area (Å²) in [5, 5.41) is 12.8. The molecule has 0 bridgehead atoms. The van der Waals surface area contributed by atoms with Crippen molar-refractivity contribution in [2.75, 3.05) is 13.1 Å². The number of rotatable bonds is 6. The molecule has 1 fully saturated rings. The Balaban J connectivity index is 2.61. The lowest BCUT2D eigenvalue weighted by atomic mass is 10.0. The molecule has 3 nitrogen and oxygen atoms in total. The Morgan fingerprint density at radius 2 is 2.00 bits per heavy atom. The summed E-state index contributed by atoms with van der Waals surface area (Å²) in [6.45, 7) is 10.3. The second-order valence-electron chi connectivity index (χ2n) is 5.74. The molecule has 1 aliphatic carbocycles. The van der Waals surface area contributed by atoms with Gasteiger partial charge in [-0.2, -0.15) is 5.26 Å². The van der Waals surface area contributed by atoms with Gasteiger partial charge >= 0.3 is 0 Å². The molecular weight excluding hydrogens is 210 g/mol. The molecule has 0 aromatic carbocycles. The molecule has 1 rings (SSSR count). The molecule has 17 heavy (non-hydrogen) atoms. The lowest BCUT2D eigenvalue weighted by Crippen LogP contribution is -2.54. The molecule has 1 aliphatic rings. The van der Waals surface area contributed by atoms with Gasteiger partial charge in [-0.25, -0.2) is 0 Å². The van der Waals surface area contributed by atoms with Gasteiger partial charge in [-0.05, 0) is 40.2 Å². The maximum Gasteiger partial charge on any atom is 0.116 e. The first-order valence-electron chi connectivity index (χ1n) is 6.93. The van der Waals surface area contributed by atoms with Gasteiger partial charge in [0.05, 0.1) is 6.07 Å². The number of nitrogens with one attached hydrogen (secondary N) is 1. The molecule has 0 aromatic heterocycles. The zero-order valence-corrected chi connectivity index (χ0v) is 11.8. The number of nitrogens with zero attached hydrogens (tertiary/aromatic N) is 2. The Morgan fingerprint density at radius 3 is 2.41 bits per heavy atom. The summed E-state index contributed by atoms with van der Waals surface area (Å²) in [6.07, 6.45) is 5.30. The van der Waals surface area contributed by atoms with Crippen LogP contribution >= 0.6 is 0 Å². The van der Waals surface area contributed by atoms with Crippen LogP contribution in [0.4, 0.5) is 0 Å². The molecule has 0 aliphatic heterocycles. The predicted molar refractivity (Wildman–Crippen MR) is 71.8 cm³/mol. The van der Waals surface area contributed by atoms with Crippen LogP contribution in [-0.2, 0) is 0 Å². The fourth-order valence-corrected chi connectivity index (χ4v) is 2.93. The summed E-state index contributed by atoms with van der Waals surface area (Å²) >= 11 is 0. The van der Waals surface area contributed by atoms with Crippen LogP contribution in [0.2, 0.25) is 0 Å². The van der Waals surface area contributed by atoms with Gasteiger partial charge in [-0.15, -0.1) is 0 Å². The summed E-state index contributed by atoms with van der Waals surface area (Å²) < 4.78 is 0. The first-order valence-corrected chi connectivity index (χ1v) is 6.93. The third-order valence-corrected chi connectivity index (χ3v) is 3.62. The van der Waals surface area contributed by atoms with Crippen molar-refractivity contribution in [2.45, 2.75) is 71.0 Å². The van der Waals surface area contributed by atoms with Crippen molar-refractivity contribution in [3.63, 3.8) is 0 Å². The predicted octanol–water partition coefficient (Wildman–Crippen LogP) is 2.53. The van der Waals surface area contributed by atoms with Gasteiger partial charge in [0, 0.05) is 18.6 Å². The Bertz CT molecular complexity index is 263. The average molecular weight is 237 g/mol. The third-order valence-electron chi connectivity index (χ3n) is 3.62. The number of nitriles is 1. The lowest BCUT2D eigenvalue weighted by Gasteiger charge is -2.35. The summed E-state index contributed by atoms with van der Waals surface area (Å²) in [5.41, 5.74) is -0.424. The van der Waals surface area contributed by atoms with Crippen LogP contribution in [0, 0.1) is 11.3 Å². The fraction of sp³-hybridized carbons (Fsp3) is 0.929. The molecule has 0 radical (unpaired) electrons. The summed E-state index contributed by atoms with van der Waals surface area (Å²) in [5.74, 6) is 0. The standard InChI is InChI=1S/C14H27N3/c1-5-17(13-8-6-7-9-13)11-14(4,10-15)16-12(2)3/h12-13,16H,5-9,11H2,1-4H3. The fourth-order valence-electron chi connectivity index (χ4n) is 2.93. The first-order chi connectivity index (χ1) is 8.00. The van der Waals surface area contributed by atoms with Crippen molar-refractivity contribution in [1.82, 2.24) is 10.2 Å². The molecule has 0 aromatic rings. The molecule has 1 N–H and O–H groups in total. The molecule has 0 amide bonds. The topological polar surface area (TPSA) is 39.1 Å². The quantitative estimate of drug-likeness (QED) is 0.771. The maximum atomic E-state index is 9.38.